The first-order valence-corrected chi connectivity index (χ1v) is 9.29. The van der Waals surface area contributed by atoms with E-state index in [9.17, 15) is 18.0 Å². The van der Waals surface area contributed by atoms with Crippen molar-refractivity contribution >= 4 is 5.91 Å². The second-order valence-corrected chi connectivity index (χ2v) is 7.25. The molecule has 6 heteroatoms. The van der Waals surface area contributed by atoms with E-state index in [1.165, 1.54) is 16.7 Å². The van der Waals surface area contributed by atoms with Crippen LogP contribution in [0.1, 0.15) is 44.0 Å². The van der Waals surface area contributed by atoms with Gasteiger partial charge in [0.2, 0.25) is 0 Å². The fraction of sp³-hybridized carbons (Fsp3) is 0.261. The van der Waals surface area contributed by atoms with Crippen LogP contribution in [0.2, 0.25) is 0 Å². The number of hydrogen-bond acceptors (Lipinski definition) is 1. The fourth-order valence-corrected chi connectivity index (χ4v) is 3.59. The molecule has 0 spiro atoms. The van der Waals surface area contributed by atoms with E-state index in [0.717, 1.165) is 22.8 Å². The Morgan fingerprint density at radius 3 is 2.34 bits per heavy atom. The molecule has 0 saturated heterocycles. The van der Waals surface area contributed by atoms with Crippen LogP contribution in [0, 0.1) is 27.7 Å². The van der Waals surface area contributed by atoms with E-state index in [1.807, 2.05) is 32.0 Å². The van der Waals surface area contributed by atoms with Gasteiger partial charge in [0.1, 0.15) is 0 Å². The Morgan fingerprint density at radius 2 is 1.69 bits per heavy atom. The van der Waals surface area contributed by atoms with Crippen molar-refractivity contribution in [2.75, 3.05) is 0 Å². The number of rotatable bonds is 4. The van der Waals surface area contributed by atoms with Crippen molar-refractivity contribution in [1.82, 2.24) is 9.88 Å². The Labute approximate surface area is 168 Å². The van der Waals surface area contributed by atoms with E-state index in [4.69, 9.17) is 0 Å². The van der Waals surface area contributed by atoms with Crippen LogP contribution in [-0.2, 0) is 12.7 Å². The maximum absolute atomic E-state index is 13.4. The number of nitrogens with one attached hydrogen (secondary N) is 1. The minimum absolute atomic E-state index is 0.0171. The van der Waals surface area contributed by atoms with E-state index in [1.54, 1.807) is 26.0 Å². The number of aryl methyl sites for hydroxylation is 3. The lowest BCUT2D eigenvalue weighted by Gasteiger charge is -2.17. The molecule has 3 aromatic rings. The minimum atomic E-state index is -4.48. The quantitative estimate of drug-likeness (QED) is 0.602. The van der Waals surface area contributed by atoms with Crippen LogP contribution >= 0.6 is 0 Å². The number of nitrogens with zero attached hydrogens (tertiary/aromatic N) is 1. The number of aromatic nitrogens is 1. The molecule has 0 aliphatic rings. The zero-order valence-electron chi connectivity index (χ0n) is 16.8. The van der Waals surface area contributed by atoms with E-state index in [-0.39, 0.29) is 11.6 Å². The molecule has 29 heavy (non-hydrogen) atoms. The molecule has 0 aliphatic carbocycles. The van der Waals surface area contributed by atoms with Gasteiger partial charge in [0.25, 0.3) is 5.91 Å². The maximum Gasteiger partial charge on any atom is 0.418 e. The van der Waals surface area contributed by atoms with Crippen LogP contribution in [-0.4, -0.2) is 10.5 Å². The first-order chi connectivity index (χ1) is 13.6. The summed E-state index contributed by atoms with van der Waals surface area (Å²) in [6.45, 7) is 7.69. The average molecular weight is 400 g/mol. The number of hydrogen-bond donors (Lipinski definition) is 1. The molecule has 0 fully saturated rings. The van der Waals surface area contributed by atoms with Crippen LogP contribution in [0.4, 0.5) is 13.2 Å². The number of carbonyl (C=O) groups is 1. The molecule has 0 bridgehead atoms. The number of halogens is 3. The van der Waals surface area contributed by atoms with Crippen LogP contribution in [0.5, 0.6) is 0 Å². The number of alkyl halides is 3. The largest absolute Gasteiger partial charge is 0.418 e. The molecule has 2 aromatic carbocycles. The van der Waals surface area contributed by atoms with Crippen molar-refractivity contribution in [2.45, 2.75) is 40.4 Å². The number of carbonyl (C=O) groups excluding carboxylic acids is 1. The molecule has 0 unspecified atom stereocenters. The Bertz CT molecular complexity index is 1060. The van der Waals surface area contributed by atoms with Gasteiger partial charge in [-0.05, 0) is 57.0 Å². The molecule has 0 aliphatic heterocycles. The first kappa shape index (κ1) is 20.7. The topological polar surface area (TPSA) is 34.0 Å². The van der Waals surface area contributed by atoms with Crippen molar-refractivity contribution in [2.24, 2.45) is 0 Å². The Kier molecular flexibility index (Phi) is 5.55. The molecular formula is C23H23F3N2O. The lowest BCUT2D eigenvalue weighted by atomic mass is 10.1. The SMILES string of the molecule is Cc1ccc(CNC(=O)c2cc(C)n(-c3ccccc3C(F)(F)F)c2C)c(C)c1. The van der Waals surface area contributed by atoms with Crippen molar-refractivity contribution < 1.29 is 18.0 Å². The van der Waals surface area contributed by atoms with Gasteiger partial charge >= 0.3 is 6.18 Å². The van der Waals surface area contributed by atoms with E-state index in [0.29, 0.717) is 23.5 Å². The Balaban J connectivity index is 1.91. The van der Waals surface area contributed by atoms with Gasteiger partial charge in [-0.3, -0.25) is 4.79 Å². The van der Waals surface area contributed by atoms with Gasteiger partial charge in [0.15, 0.2) is 0 Å². The summed E-state index contributed by atoms with van der Waals surface area (Å²) in [4.78, 5) is 12.7. The normalized spacial score (nSPS) is 11.6. The van der Waals surface area contributed by atoms with E-state index in [2.05, 4.69) is 5.32 Å². The molecule has 0 saturated carbocycles. The highest BCUT2D eigenvalue weighted by Gasteiger charge is 2.34. The van der Waals surface area contributed by atoms with Crippen LogP contribution in [0.15, 0.2) is 48.5 Å². The Hall–Kier alpha value is -3.02. The third kappa shape index (κ3) is 4.21. The summed E-state index contributed by atoms with van der Waals surface area (Å²) in [7, 11) is 0. The highest BCUT2D eigenvalue weighted by Crippen LogP contribution is 2.35. The summed E-state index contributed by atoms with van der Waals surface area (Å²) in [5, 5.41) is 2.88. The number of benzene rings is 2. The van der Waals surface area contributed by atoms with Crippen molar-refractivity contribution in [3.05, 3.63) is 87.7 Å². The summed E-state index contributed by atoms with van der Waals surface area (Å²) in [5.41, 5.74) is 3.91. The summed E-state index contributed by atoms with van der Waals surface area (Å²) in [5.74, 6) is -0.311. The smallest absolute Gasteiger partial charge is 0.348 e. The van der Waals surface area contributed by atoms with Crippen LogP contribution in [0.25, 0.3) is 5.69 Å². The van der Waals surface area contributed by atoms with Gasteiger partial charge in [-0.1, -0.05) is 35.9 Å². The second-order valence-electron chi connectivity index (χ2n) is 7.25. The van der Waals surface area contributed by atoms with Crippen LogP contribution < -0.4 is 5.32 Å². The van der Waals surface area contributed by atoms with Crippen molar-refractivity contribution in [1.29, 1.82) is 0 Å². The number of amides is 1. The average Bonchev–Trinajstić information content (AvgIpc) is 2.94. The monoisotopic (exact) mass is 400 g/mol. The molecule has 1 N–H and O–H groups in total. The predicted octanol–water partition coefficient (Wildman–Crippen LogP) is 5.66. The summed E-state index contributed by atoms with van der Waals surface area (Å²) in [6.07, 6.45) is -4.48. The third-order valence-corrected chi connectivity index (χ3v) is 5.06. The fourth-order valence-electron chi connectivity index (χ4n) is 3.59. The molecule has 152 valence electrons. The molecule has 1 aromatic heterocycles. The third-order valence-electron chi connectivity index (χ3n) is 5.06. The molecule has 1 heterocycles. The summed E-state index contributed by atoms with van der Waals surface area (Å²) >= 11 is 0. The lowest BCUT2D eigenvalue weighted by Crippen LogP contribution is -2.23. The molecule has 3 rings (SSSR count). The standard InChI is InChI=1S/C23H23F3N2O/c1-14-9-10-18(15(2)11-14)13-27-22(29)19-12-16(3)28(17(19)4)21-8-6-5-7-20(21)23(24,25)26/h5-12H,13H2,1-4H3,(H,27,29). The molecule has 1 amide bonds. The highest BCUT2D eigenvalue weighted by molar-refractivity contribution is 5.96. The Morgan fingerprint density at radius 1 is 1.00 bits per heavy atom. The first-order valence-electron chi connectivity index (χ1n) is 9.29. The lowest BCUT2D eigenvalue weighted by molar-refractivity contribution is -0.137. The second kappa shape index (κ2) is 7.78. The predicted molar refractivity (Wildman–Crippen MR) is 107 cm³/mol. The van der Waals surface area contributed by atoms with Gasteiger partial charge < -0.3 is 9.88 Å². The van der Waals surface area contributed by atoms with Gasteiger partial charge in [0, 0.05) is 17.9 Å². The summed E-state index contributed by atoms with van der Waals surface area (Å²) in [6, 6.07) is 13.0. The zero-order valence-corrected chi connectivity index (χ0v) is 16.8. The summed E-state index contributed by atoms with van der Waals surface area (Å²) < 4.78 is 41.8. The maximum atomic E-state index is 13.4. The molecule has 0 atom stereocenters. The molecular weight excluding hydrogens is 377 g/mol. The van der Waals surface area contributed by atoms with Crippen molar-refractivity contribution in [3.63, 3.8) is 0 Å². The zero-order chi connectivity index (χ0) is 21.3. The van der Waals surface area contributed by atoms with Crippen molar-refractivity contribution in [3.8, 4) is 5.69 Å². The number of para-hydroxylation sites is 1. The van der Waals surface area contributed by atoms with Crippen LogP contribution in [0.3, 0.4) is 0 Å². The minimum Gasteiger partial charge on any atom is -0.348 e. The van der Waals surface area contributed by atoms with Gasteiger partial charge in [-0.25, -0.2) is 0 Å². The molecule has 0 radical (unpaired) electrons. The van der Waals surface area contributed by atoms with Gasteiger partial charge in [0.05, 0.1) is 16.8 Å². The molecule has 3 nitrogen and oxygen atoms in total. The van der Waals surface area contributed by atoms with Gasteiger partial charge in [-0.15, -0.1) is 0 Å². The van der Waals surface area contributed by atoms with E-state index >= 15 is 0 Å². The van der Waals surface area contributed by atoms with E-state index < -0.39 is 11.7 Å². The van der Waals surface area contributed by atoms with Gasteiger partial charge in [-0.2, -0.15) is 13.2 Å². The highest BCUT2D eigenvalue weighted by atomic mass is 19.4.